The number of carbonyl (C=O) groups excluding carboxylic acids is 1. The zero-order valence-electron chi connectivity index (χ0n) is 11.0. The second kappa shape index (κ2) is 5.75. The fraction of sp³-hybridized carbons (Fsp3) is 0.429. The Balaban J connectivity index is 2.19. The molecule has 114 valence electrons. The first-order valence-corrected chi connectivity index (χ1v) is 6.51. The molecule has 0 aliphatic heterocycles. The van der Waals surface area contributed by atoms with E-state index in [0.29, 0.717) is 6.07 Å². The van der Waals surface area contributed by atoms with Crippen molar-refractivity contribution in [2.75, 3.05) is 5.32 Å². The Labute approximate surface area is 119 Å². The van der Waals surface area contributed by atoms with Crippen molar-refractivity contribution in [3.05, 3.63) is 29.3 Å². The Kier molecular flexibility index (Phi) is 4.20. The van der Waals surface area contributed by atoms with E-state index in [1.165, 1.54) is 0 Å². The van der Waals surface area contributed by atoms with Gasteiger partial charge in [0.15, 0.2) is 0 Å². The number of hydrogen-bond acceptors (Lipinski definition) is 2. The summed E-state index contributed by atoms with van der Waals surface area (Å²) < 4.78 is 38.2. The molecule has 1 amide bonds. The molecule has 0 aromatic heterocycles. The zero-order chi connectivity index (χ0) is 15.6. The fourth-order valence-corrected chi connectivity index (χ4v) is 2.16. The van der Waals surface area contributed by atoms with Crippen LogP contribution in [0.25, 0.3) is 0 Å². The monoisotopic (exact) mass is 301 g/mol. The molecule has 2 rings (SSSR count). The van der Waals surface area contributed by atoms with Crippen LogP contribution >= 0.6 is 0 Å². The van der Waals surface area contributed by atoms with Crippen LogP contribution in [0, 0.1) is 5.92 Å². The van der Waals surface area contributed by atoms with Gasteiger partial charge in [0, 0.05) is 12.1 Å². The molecule has 1 aromatic rings. The molecule has 0 spiro atoms. The Morgan fingerprint density at radius 3 is 2.38 bits per heavy atom. The van der Waals surface area contributed by atoms with Crippen molar-refractivity contribution in [1.29, 1.82) is 0 Å². The number of anilines is 1. The standard InChI is InChI=1S/C14H14F3NO3/c15-14(16,17)10-5-9(13(20)21)6-11(7-10)18-12(19)4-8-2-1-3-8/h5-8H,1-4H2,(H,18,19)(H,20,21). The van der Waals surface area contributed by atoms with E-state index in [0.717, 1.165) is 31.4 Å². The number of halogens is 3. The van der Waals surface area contributed by atoms with Gasteiger partial charge in [0.05, 0.1) is 11.1 Å². The van der Waals surface area contributed by atoms with Crippen LogP contribution in [0.2, 0.25) is 0 Å². The number of aromatic carboxylic acids is 1. The third-order valence-corrected chi connectivity index (χ3v) is 3.49. The Morgan fingerprint density at radius 1 is 1.24 bits per heavy atom. The second-order valence-electron chi connectivity index (χ2n) is 5.15. The predicted molar refractivity (Wildman–Crippen MR) is 69.0 cm³/mol. The maximum absolute atomic E-state index is 12.7. The molecule has 1 aliphatic carbocycles. The van der Waals surface area contributed by atoms with Gasteiger partial charge in [0.25, 0.3) is 0 Å². The van der Waals surface area contributed by atoms with Gasteiger partial charge in [0.2, 0.25) is 5.91 Å². The summed E-state index contributed by atoms with van der Waals surface area (Å²) in [4.78, 5) is 22.6. The van der Waals surface area contributed by atoms with Crippen LogP contribution in [0.3, 0.4) is 0 Å². The SMILES string of the molecule is O=C(CC1CCC1)Nc1cc(C(=O)O)cc(C(F)(F)F)c1. The minimum atomic E-state index is -4.67. The zero-order valence-corrected chi connectivity index (χ0v) is 11.0. The number of carboxylic acid groups (broad SMARTS) is 1. The van der Waals surface area contributed by atoms with Gasteiger partial charge >= 0.3 is 12.1 Å². The number of rotatable bonds is 4. The van der Waals surface area contributed by atoms with Crippen molar-refractivity contribution < 1.29 is 27.9 Å². The molecule has 0 radical (unpaired) electrons. The minimum Gasteiger partial charge on any atom is -0.478 e. The molecular formula is C14H14F3NO3. The highest BCUT2D eigenvalue weighted by molar-refractivity contribution is 5.94. The van der Waals surface area contributed by atoms with Gasteiger partial charge in [-0.25, -0.2) is 4.79 Å². The van der Waals surface area contributed by atoms with Gasteiger partial charge in [-0.3, -0.25) is 4.79 Å². The molecule has 0 unspecified atom stereocenters. The molecule has 0 bridgehead atoms. The number of carboxylic acids is 1. The number of alkyl halides is 3. The smallest absolute Gasteiger partial charge is 0.416 e. The molecule has 0 saturated heterocycles. The van der Waals surface area contributed by atoms with Crippen LogP contribution in [0.4, 0.5) is 18.9 Å². The molecule has 1 saturated carbocycles. The lowest BCUT2D eigenvalue weighted by Gasteiger charge is -2.24. The van der Waals surface area contributed by atoms with Gasteiger partial charge in [-0.1, -0.05) is 6.42 Å². The van der Waals surface area contributed by atoms with Crippen molar-refractivity contribution in [1.82, 2.24) is 0 Å². The molecule has 0 atom stereocenters. The van der Waals surface area contributed by atoms with Crippen LogP contribution in [-0.4, -0.2) is 17.0 Å². The van der Waals surface area contributed by atoms with Gasteiger partial charge in [-0.05, 0) is 37.0 Å². The molecule has 1 aliphatic rings. The summed E-state index contributed by atoms with van der Waals surface area (Å²) >= 11 is 0. The van der Waals surface area contributed by atoms with Crippen molar-refractivity contribution in [2.45, 2.75) is 31.9 Å². The topological polar surface area (TPSA) is 66.4 Å². The summed E-state index contributed by atoms with van der Waals surface area (Å²) in [5, 5.41) is 11.2. The van der Waals surface area contributed by atoms with Gasteiger partial charge in [0.1, 0.15) is 0 Å². The first kappa shape index (κ1) is 15.3. The lowest BCUT2D eigenvalue weighted by Crippen LogP contribution is -2.21. The van der Waals surface area contributed by atoms with Crippen LogP contribution in [-0.2, 0) is 11.0 Å². The van der Waals surface area contributed by atoms with Gasteiger partial charge in [-0.2, -0.15) is 13.2 Å². The van der Waals surface area contributed by atoms with Crippen molar-refractivity contribution in [3.8, 4) is 0 Å². The molecule has 4 nitrogen and oxygen atoms in total. The molecule has 1 aromatic carbocycles. The lowest BCUT2D eigenvalue weighted by molar-refractivity contribution is -0.137. The Bertz CT molecular complexity index is 565. The number of nitrogens with one attached hydrogen (secondary N) is 1. The third-order valence-electron chi connectivity index (χ3n) is 3.49. The predicted octanol–water partition coefficient (Wildman–Crippen LogP) is 3.53. The van der Waals surface area contributed by atoms with E-state index in [2.05, 4.69) is 5.32 Å². The van der Waals surface area contributed by atoms with Crippen LogP contribution in [0.1, 0.15) is 41.6 Å². The van der Waals surface area contributed by atoms with E-state index >= 15 is 0 Å². The summed E-state index contributed by atoms with van der Waals surface area (Å²) in [5.74, 6) is -1.60. The van der Waals surface area contributed by atoms with Crippen molar-refractivity contribution >= 4 is 17.6 Å². The molecule has 2 N–H and O–H groups in total. The van der Waals surface area contributed by atoms with E-state index in [-0.39, 0.29) is 18.0 Å². The quantitative estimate of drug-likeness (QED) is 0.894. The summed E-state index contributed by atoms with van der Waals surface area (Å²) in [5.41, 5.74) is -1.75. The highest BCUT2D eigenvalue weighted by Crippen LogP contribution is 2.33. The second-order valence-corrected chi connectivity index (χ2v) is 5.15. The molecule has 1 fully saturated rings. The van der Waals surface area contributed by atoms with Gasteiger partial charge < -0.3 is 10.4 Å². The third kappa shape index (κ3) is 3.96. The summed E-state index contributed by atoms with van der Waals surface area (Å²) in [6.45, 7) is 0. The lowest BCUT2D eigenvalue weighted by atomic mass is 9.83. The molecule has 21 heavy (non-hydrogen) atoms. The van der Waals surface area contributed by atoms with Crippen LogP contribution in [0.5, 0.6) is 0 Å². The van der Waals surface area contributed by atoms with Crippen molar-refractivity contribution in [2.24, 2.45) is 5.92 Å². The first-order valence-electron chi connectivity index (χ1n) is 6.51. The molecule has 0 heterocycles. The van der Waals surface area contributed by atoms with E-state index in [4.69, 9.17) is 5.11 Å². The molecular weight excluding hydrogens is 287 g/mol. The van der Waals surface area contributed by atoms with Crippen LogP contribution in [0.15, 0.2) is 18.2 Å². The van der Waals surface area contributed by atoms with Crippen molar-refractivity contribution in [3.63, 3.8) is 0 Å². The Morgan fingerprint density at radius 2 is 1.90 bits per heavy atom. The number of benzene rings is 1. The molecule has 7 heteroatoms. The maximum atomic E-state index is 12.7. The number of carbonyl (C=O) groups is 2. The largest absolute Gasteiger partial charge is 0.478 e. The normalized spacial score (nSPS) is 15.4. The maximum Gasteiger partial charge on any atom is 0.416 e. The summed E-state index contributed by atoms with van der Waals surface area (Å²) in [6.07, 6.45) is -1.48. The average Bonchev–Trinajstić information content (AvgIpc) is 2.32. The summed E-state index contributed by atoms with van der Waals surface area (Å²) in [6, 6.07) is 2.31. The first-order chi connectivity index (χ1) is 9.75. The summed E-state index contributed by atoms with van der Waals surface area (Å²) in [7, 11) is 0. The van der Waals surface area contributed by atoms with Gasteiger partial charge in [-0.15, -0.1) is 0 Å². The number of hydrogen-bond donors (Lipinski definition) is 2. The minimum absolute atomic E-state index is 0.147. The van der Waals surface area contributed by atoms with E-state index in [1.54, 1.807) is 0 Å². The van der Waals surface area contributed by atoms with E-state index in [9.17, 15) is 22.8 Å². The van der Waals surface area contributed by atoms with E-state index < -0.39 is 29.2 Å². The van der Waals surface area contributed by atoms with Crippen LogP contribution < -0.4 is 5.32 Å². The fourth-order valence-electron chi connectivity index (χ4n) is 2.16. The highest BCUT2D eigenvalue weighted by atomic mass is 19.4. The van der Waals surface area contributed by atoms with E-state index in [1.807, 2.05) is 0 Å². The Hall–Kier alpha value is -2.05. The number of amides is 1. The highest BCUT2D eigenvalue weighted by Gasteiger charge is 2.32. The average molecular weight is 301 g/mol.